The third kappa shape index (κ3) is 3.30. The van der Waals surface area contributed by atoms with Crippen LogP contribution in [0.3, 0.4) is 0 Å². The van der Waals surface area contributed by atoms with Crippen molar-refractivity contribution in [3.05, 3.63) is 11.5 Å². The fourth-order valence-electron chi connectivity index (χ4n) is 2.93. The molecule has 2 heterocycles. The Hall–Kier alpha value is -0.920. The standard InChI is InChI=1S/C14H25N3O3S/c1-5-7-15-13-6-8-17(9-10(13)2)21(18,19)14-11(3)16-20-12(14)4/h10,13,15H,5-9H2,1-4H3. The van der Waals surface area contributed by atoms with Crippen LogP contribution in [0, 0.1) is 19.8 Å². The zero-order chi connectivity index (χ0) is 15.6. The Kier molecular flexibility index (Phi) is 5.06. The van der Waals surface area contributed by atoms with E-state index in [4.69, 9.17) is 4.52 Å². The highest BCUT2D eigenvalue weighted by Crippen LogP contribution is 2.27. The van der Waals surface area contributed by atoms with E-state index in [-0.39, 0.29) is 4.90 Å². The average molecular weight is 315 g/mol. The molecule has 2 rings (SSSR count). The second-order valence-corrected chi connectivity index (χ2v) is 7.72. The molecule has 2 unspecified atom stereocenters. The van der Waals surface area contributed by atoms with Gasteiger partial charge in [0, 0.05) is 19.1 Å². The monoisotopic (exact) mass is 315 g/mol. The Labute approximate surface area is 126 Å². The van der Waals surface area contributed by atoms with Gasteiger partial charge in [-0.15, -0.1) is 0 Å². The van der Waals surface area contributed by atoms with Crippen molar-refractivity contribution < 1.29 is 12.9 Å². The largest absolute Gasteiger partial charge is 0.360 e. The highest BCUT2D eigenvalue weighted by molar-refractivity contribution is 7.89. The third-order valence-electron chi connectivity index (χ3n) is 4.09. The summed E-state index contributed by atoms with van der Waals surface area (Å²) >= 11 is 0. The molecular formula is C14H25N3O3S. The van der Waals surface area contributed by atoms with Crippen LogP contribution in [0.1, 0.15) is 38.1 Å². The van der Waals surface area contributed by atoms with E-state index in [9.17, 15) is 8.42 Å². The van der Waals surface area contributed by atoms with Gasteiger partial charge in [-0.2, -0.15) is 4.31 Å². The first kappa shape index (κ1) is 16.5. The molecule has 2 atom stereocenters. The van der Waals surface area contributed by atoms with Crippen molar-refractivity contribution in [3.8, 4) is 0 Å². The van der Waals surface area contributed by atoms with Crippen LogP contribution in [-0.2, 0) is 10.0 Å². The first-order valence-electron chi connectivity index (χ1n) is 7.54. The Bertz CT molecular complexity index is 563. The van der Waals surface area contributed by atoms with Crippen LogP contribution in [-0.4, -0.2) is 43.6 Å². The molecule has 21 heavy (non-hydrogen) atoms. The minimum Gasteiger partial charge on any atom is -0.360 e. The number of sulfonamides is 1. The molecule has 1 saturated heterocycles. The number of rotatable bonds is 5. The average Bonchev–Trinajstić information content (AvgIpc) is 2.77. The van der Waals surface area contributed by atoms with Crippen LogP contribution in [0.15, 0.2) is 9.42 Å². The van der Waals surface area contributed by atoms with Gasteiger partial charge in [0.05, 0.1) is 0 Å². The minimum absolute atomic E-state index is 0.231. The van der Waals surface area contributed by atoms with E-state index >= 15 is 0 Å². The number of hydrogen-bond acceptors (Lipinski definition) is 5. The molecule has 0 saturated carbocycles. The van der Waals surface area contributed by atoms with E-state index in [0.29, 0.717) is 36.5 Å². The van der Waals surface area contributed by atoms with Crippen molar-refractivity contribution in [2.75, 3.05) is 19.6 Å². The molecular weight excluding hydrogens is 290 g/mol. The van der Waals surface area contributed by atoms with E-state index in [1.807, 2.05) is 0 Å². The van der Waals surface area contributed by atoms with Crippen molar-refractivity contribution in [1.82, 2.24) is 14.8 Å². The normalized spacial score (nSPS) is 24.4. The van der Waals surface area contributed by atoms with E-state index in [2.05, 4.69) is 24.3 Å². The molecule has 1 aliphatic rings. The van der Waals surface area contributed by atoms with Gasteiger partial charge in [-0.05, 0) is 39.2 Å². The Balaban J connectivity index is 2.14. The highest BCUT2D eigenvalue weighted by Gasteiger charge is 2.36. The third-order valence-corrected chi connectivity index (χ3v) is 6.20. The topological polar surface area (TPSA) is 75.4 Å². The van der Waals surface area contributed by atoms with Crippen molar-refractivity contribution in [2.24, 2.45) is 5.92 Å². The Morgan fingerprint density at radius 2 is 2.14 bits per heavy atom. The maximum Gasteiger partial charge on any atom is 0.248 e. The summed E-state index contributed by atoms with van der Waals surface area (Å²) in [5.74, 6) is 0.659. The summed E-state index contributed by atoms with van der Waals surface area (Å²) in [5, 5.41) is 7.26. The summed E-state index contributed by atoms with van der Waals surface area (Å²) in [6, 6.07) is 0.390. The summed E-state index contributed by atoms with van der Waals surface area (Å²) in [6.07, 6.45) is 1.92. The molecule has 1 aromatic rings. The van der Waals surface area contributed by atoms with Gasteiger partial charge in [0.15, 0.2) is 5.76 Å². The van der Waals surface area contributed by atoms with Crippen molar-refractivity contribution in [2.45, 2.75) is 51.5 Å². The molecule has 1 N–H and O–H groups in total. The predicted octanol–water partition coefficient (Wildman–Crippen LogP) is 1.69. The van der Waals surface area contributed by atoms with E-state index < -0.39 is 10.0 Å². The van der Waals surface area contributed by atoms with Crippen molar-refractivity contribution in [1.29, 1.82) is 0 Å². The molecule has 0 aliphatic carbocycles. The second kappa shape index (κ2) is 6.46. The molecule has 1 fully saturated rings. The lowest BCUT2D eigenvalue weighted by Crippen LogP contribution is -2.50. The molecule has 120 valence electrons. The minimum atomic E-state index is -3.51. The zero-order valence-corrected chi connectivity index (χ0v) is 14.0. The summed E-state index contributed by atoms with van der Waals surface area (Å²) in [6.45, 7) is 9.60. The van der Waals surface area contributed by atoms with Gasteiger partial charge >= 0.3 is 0 Å². The highest BCUT2D eigenvalue weighted by atomic mass is 32.2. The molecule has 0 spiro atoms. The van der Waals surface area contributed by atoms with Crippen LogP contribution in [0.25, 0.3) is 0 Å². The van der Waals surface area contributed by atoms with Crippen LogP contribution >= 0.6 is 0 Å². The smallest absolute Gasteiger partial charge is 0.248 e. The molecule has 6 nitrogen and oxygen atoms in total. The number of nitrogens with zero attached hydrogens (tertiary/aromatic N) is 2. The van der Waals surface area contributed by atoms with E-state index in [1.54, 1.807) is 18.2 Å². The summed E-state index contributed by atoms with van der Waals surface area (Å²) in [7, 11) is -3.51. The number of nitrogens with one attached hydrogen (secondary N) is 1. The fourth-order valence-corrected chi connectivity index (χ4v) is 4.78. The van der Waals surface area contributed by atoms with Gasteiger partial charge in [-0.25, -0.2) is 8.42 Å². The number of aromatic nitrogens is 1. The maximum absolute atomic E-state index is 12.8. The van der Waals surface area contributed by atoms with Crippen LogP contribution in [0.2, 0.25) is 0 Å². The SMILES string of the molecule is CCCNC1CCN(S(=O)(=O)c2c(C)noc2C)CC1C. The first-order chi connectivity index (χ1) is 9.87. The van der Waals surface area contributed by atoms with Crippen molar-refractivity contribution in [3.63, 3.8) is 0 Å². The maximum atomic E-state index is 12.8. The molecule has 0 amide bonds. The Morgan fingerprint density at radius 1 is 1.43 bits per heavy atom. The van der Waals surface area contributed by atoms with Gasteiger partial charge in [-0.3, -0.25) is 0 Å². The van der Waals surface area contributed by atoms with E-state index in [1.165, 1.54) is 0 Å². The lowest BCUT2D eigenvalue weighted by Gasteiger charge is -2.36. The lowest BCUT2D eigenvalue weighted by molar-refractivity contribution is 0.220. The molecule has 7 heteroatoms. The fraction of sp³-hybridized carbons (Fsp3) is 0.786. The van der Waals surface area contributed by atoms with Gasteiger partial charge in [-0.1, -0.05) is 19.0 Å². The van der Waals surface area contributed by atoms with Gasteiger partial charge < -0.3 is 9.84 Å². The second-order valence-electron chi connectivity index (χ2n) is 5.84. The molecule has 0 bridgehead atoms. The first-order valence-corrected chi connectivity index (χ1v) is 8.98. The van der Waals surface area contributed by atoms with Crippen LogP contribution in [0.5, 0.6) is 0 Å². The van der Waals surface area contributed by atoms with E-state index in [0.717, 1.165) is 19.4 Å². The quantitative estimate of drug-likeness (QED) is 0.895. The van der Waals surface area contributed by atoms with Gasteiger partial charge in [0.25, 0.3) is 0 Å². The van der Waals surface area contributed by atoms with Crippen LogP contribution < -0.4 is 5.32 Å². The zero-order valence-electron chi connectivity index (χ0n) is 13.2. The number of hydrogen-bond donors (Lipinski definition) is 1. The summed E-state index contributed by atoms with van der Waals surface area (Å²) < 4.78 is 32.1. The molecule has 1 aromatic heterocycles. The molecule has 1 aliphatic heterocycles. The number of aryl methyl sites for hydroxylation is 2. The molecule has 0 aromatic carbocycles. The Morgan fingerprint density at radius 3 is 2.67 bits per heavy atom. The predicted molar refractivity (Wildman–Crippen MR) is 80.6 cm³/mol. The number of piperidine rings is 1. The summed E-state index contributed by atoms with van der Waals surface area (Å²) in [4.78, 5) is 0.231. The van der Waals surface area contributed by atoms with Gasteiger partial charge in [0.2, 0.25) is 10.0 Å². The van der Waals surface area contributed by atoms with Crippen LogP contribution in [0.4, 0.5) is 0 Å². The van der Waals surface area contributed by atoms with Crippen molar-refractivity contribution >= 4 is 10.0 Å². The molecule has 0 radical (unpaired) electrons. The summed E-state index contributed by atoms with van der Waals surface area (Å²) in [5.41, 5.74) is 0.436. The van der Waals surface area contributed by atoms with Gasteiger partial charge in [0.1, 0.15) is 10.6 Å². The lowest BCUT2D eigenvalue weighted by atomic mass is 9.95.